The summed E-state index contributed by atoms with van der Waals surface area (Å²) in [5.74, 6) is 0.575. The summed E-state index contributed by atoms with van der Waals surface area (Å²) in [6.45, 7) is 2.31. The maximum absolute atomic E-state index is 13.3. The molecule has 2 atom stereocenters. The van der Waals surface area contributed by atoms with E-state index in [1.807, 2.05) is 4.90 Å². The van der Waals surface area contributed by atoms with E-state index >= 15 is 0 Å². The van der Waals surface area contributed by atoms with Crippen molar-refractivity contribution >= 4 is 15.9 Å². The summed E-state index contributed by atoms with van der Waals surface area (Å²) in [6, 6.07) is 1.87. The van der Waals surface area contributed by atoms with Crippen molar-refractivity contribution in [2.24, 2.45) is 13.0 Å². The van der Waals surface area contributed by atoms with E-state index in [1.165, 1.54) is 30.0 Å². The Morgan fingerprint density at radius 2 is 1.78 bits per heavy atom. The molecule has 0 bridgehead atoms. The van der Waals surface area contributed by atoms with Gasteiger partial charge in [0, 0.05) is 38.9 Å². The van der Waals surface area contributed by atoms with Crippen molar-refractivity contribution in [2.75, 3.05) is 32.8 Å². The highest BCUT2D eigenvalue weighted by molar-refractivity contribution is 7.89. The zero-order valence-corrected chi connectivity index (χ0v) is 16.8. The van der Waals surface area contributed by atoms with Crippen molar-refractivity contribution in [3.63, 3.8) is 0 Å². The molecule has 8 heteroatoms. The molecule has 2 saturated heterocycles. The second-order valence-corrected chi connectivity index (χ2v) is 9.88. The monoisotopic (exact) mass is 395 g/mol. The standard InChI is InChI=1S/C19H29N3O4S/c1-20-14-16(27(24,25)21-9-11-26-12-10-21)13-18(20)19(23)22-8-4-6-15-5-2-3-7-17(15)22/h13-15,17H,2-12H2,1H3/t15-,17+/m1/s1. The lowest BCUT2D eigenvalue weighted by Gasteiger charge is -2.44. The van der Waals surface area contributed by atoms with Gasteiger partial charge in [0.05, 0.1) is 13.2 Å². The lowest BCUT2D eigenvalue weighted by Crippen LogP contribution is -2.50. The van der Waals surface area contributed by atoms with Gasteiger partial charge < -0.3 is 14.2 Å². The molecule has 0 unspecified atom stereocenters. The Morgan fingerprint density at radius 3 is 2.56 bits per heavy atom. The molecular weight excluding hydrogens is 366 g/mol. The molecule has 1 amide bonds. The molecule has 1 aromatic heterocycles. The third-order valence-corrected chi connectivity index (χ3v) is 8.17. The minimum absolute atomic E-state index is 0.0301. The van der Waals surface area contributed by atoms with Gasteiger partial charge >= 0.3 is 0 Å². The van der Waals surface area contributed by atoms with Crippen LogP contribution in [0.2, 0.25) is 0 Å². The second kappa shape index (κ2) is 7.56. The zero-order chi connectivity index (χ0) is 19.0. The van der Waals surface area contributed by atoms with Crippen LogP contribution in [0.25, 0.3) is 0 Å². The average Bonchev–Trinajstić information content (AvgIpc) is 3.10. The smallest absolute Gasteiger partial charge is 0.270 e. The van der Waals surface area contributed by atoms with Gasteiger partial charge in [0.2, 0.25) is 10.0 Å². The molecule has 1 aliphatic carbocycles. The number of hydrogen-bond donors (Lipinski definition) is 0. The summed E-state index contributed by atoms with van der Waals surface area (Å²) in [6.07, 6.45) is 8.52. The van der Waals surface area contributed by atoms with Crippen molar-refractivity contribution in [3.05, 3.63) is 18.0 Å². The first-order valence-electron chi connectivity index (χ1n) is 10.0. The van der Waals surface area contributed by atoms with E-state index in [9.17, 15) is 13.2 Å². The Hall–Kier alpha value is -1.38. The molecule has 4 rings (SSSR count). The van der Waals surface area contributed by atoms with E-state index in [0.717, 1.165) is 19.4 Å². The normalized spacial score (nSPS) is 27.4. The van der Waals surface area contributed by atoms with Crippen molar-refractivity contribution in [3.8, 4) is 0 Å². The number of likely N-dealkylation sites (tertiary alicyclic amines) is 1. The molecule has 0 aromatic carbocycles. The molecular formula is C19H29N3O4S. The van der Waals surface area contributed by atoms with Gasteiger partial charge in [0.15, 0.2) is 0 Å². The van der Waals surface area contributed by atoms with Gasteiger partial charge in [-0.2, -0.15) is 4.31 Å². The molecule has 3 aliphatic rings. The highest BCUT2D eigenvalue weighted by Crippen LogP contribution is 2.36. The number of aromatic nitrogens is 1. The Bertz CT molecular complexity index is 796. The van der Waals surface area contributed by atoms with Crippen LogP contribution >= 0.6 is 0 Å². The molecule has 1 aromatic rings. The van der Waals surface area contributed by atoms with E-state index in [-0.39, 0.29) is 10.8 Å². The summed E-state index contributed by atoms with van der Waals surface area (Å²) < 4.78 is 34.2. The molecule has 0 N–H and O–H groups in total. The van der Waals surface area contributed by atoms with Gasteiger partial charge in [0.1, 0.15) is 10.6 Å². The SMILES string of the molecule is Cn1cc(S(=O)(=O)N2CCOCC2)cc1C(=O)N1CCC[C@H]2CCCC[C@@H]21. The van der Waals surface area contributed by atoms with Crippen LogP contribution in [0.1, 0.15) is 49.0 Å². The molecule has 1 saturated carbocycles. The number of ether oxygens (including phenoxy) is 1. The van der Waals surface area contributed by atoms with Crippen LogP contribution in [0.4, 0.5) is 0 Å². The van der Waals surface area contributed by atoms with Crippen LogP contribution in [0.3, 0.4) is 0 Å². The average molecular weight is 396 g/mol. The van der Waals surface area contributed by atoms with Gasteiger partial charge in [-0.25, -0.2) is 8.42 Å². The van der Waals surface area contributed by atoms with Gasteiger partial charge in [-0.05, 0) is 37.7 Å². The number of fused-ring (bicyclic) bond motifs is 1. The van der Waals surface area contributed by atoms with Crippen LogP contribution in [0.15, 0.2) is 17.2 Å². The van der Waals surface area contributed by atoms with E-state index in [4.69, 9.17) is 4.74 Å². The first-order valence-corrected chi connectivity index (χ1v) is 11.5. The highest BCUT2D eigenvalue weighted by Gasteiger charge is 2.37. The van der Waals surface area contributed by atoms with Crippen molar-refractivity contribution < 1.29 is 17.9 Å². The maximum atomic E-state index is 13.3. The molecule has 3 fully saturated rings. The fourth-order valence-corrected chi connectivity index (χ4v) is 6.33. The van der Waals surface area contributed by atoms with Crippen molar-refractivity contribution in [2.45, 2.75) is 49.5 Å². The van der Waals surface area contributed by atoms with Crippen LogP contribution in [-0.2, 0) is 21.8 Å². The predicted molar refractivity (Wildman–Crippen MR) is 101 cm³/mol. The molecule has 0 radical (unpaired) electrons. The molecule has 7 nitrogen and oxygen atoms in total. The number of piperidine rings is 1. The number of amides is 1. The van der Waals surface area contributed by atoms with Gasteiger partial charge in [-0.3, -0.25) is 4.79 Å². The summed E-state index contributed by atoms with van der Waals surface area (Å²) in [5, 5.41) is 0. The lowest BCUT2D eigenvalue weighted by atomic mass is 9.78. The predicted octanol–water partition coefficient (Wildman–Crippen LogP) is 1.84. The highest BCUT2D eigenvalue weighted by atomic mass is 32.2. The Kier molecular flexibility index (Phi) is 5.31. The molecule has 3 heterocycles. The third kappa shape index (κ3) is 3.54. The van der Waals surface area contributed by atoms with E-state index in [2.05, 4.69) is 0 Å². The van der Waals surface area contributed by atoms with Crippen LogP contribution in [-0.4, -0.2) is 67.0 Å². The maximum Gasteiger partial charge on any atom is 0.270 e. The summed E-state index contributed by atoms with van der Waals surface area (Å²) in [4.78, 5) is 15.5. The minimum Gasteiger partial charge on any atom is -0.379 e. The number of hydrogen-bond acceptors (Lipinski definition) is 4. The Morgan fingerprint density at radius 1 is 1.07 bits per heavy atom. The van der Waals surface area contributed by atoms with Crippen LogP contribution < -0.4 is 0 Å². The first-order chi connectivity index (χ1) is 13.0. The number of morpholine rings is 1. The lowest BCUT2D eigenvalue weighted by molar-refractivity contribution is 0.0382. The summed E-state index contributed by atoms with van der Waals surface area (Å²) in [7, 11) is -1.83. The van der Waals surface area contributed by atoms with Gasteiger partial charge in [0.25, 0.3) is 5.91 Å². The number of rotatable bonds is 3. The first kappa shape index (κ1) is 19.0. The van der Waals surface area contributed by atoms with E-state index < -0.39 is 10.0 Å². The van der Waals surface area contributed by atoms with Crippen molar-refractivity contribution in [1.82, 2.24) is 13.8 Å². The fraction of sp³-hybridized carbons (Fsp3) is 0.737. The van der Waals surface area contributed by atoms with Gasteiger partial charge in [-0.1, -0.05) is 12.8 Å². The second-order valence-electron chi connectivity index (χ2n) is 7.94. The quantitative estimate of drug-likeness (QED) is 0.783. The van der Waals surface area contributed by atoms with Crippen LogP contribution in [0.5, 0.6) is 0 Å². The summed E-state index contributed by atoms with van der Waals surface area (Å²) >= 11 is 0. The summed E-state index contributed by atoms with van der Waals surface area (Å²) in [5.41, 5.74) is 0.466. The largest absolute Gasteiger partial charge is 0.379 e. The number of carbonyl (C=O) groups excluding carboxylic acids is 1. The number of nitrogens with zero attached hydrogens (tertiary/aromatic N) is 3. The molecule has 150 valence electrons. The Labute approximate surface area is 161 Å². The van der Waals surface area contributed by atoms with Crippen LogP contribution in [0, 0.1) is 5.92 Å². The van der Waals surface area contributed by atoms with Gasteiger partial charge in [-0.15, -0.1) is 0 Å². The molecule has 2 aliphatic heterocycles. The topological polar surface area (TPSA) is 71.9 Å². The fourth-order valence-electron chi connectivity index (χ4n) is 4.85. The molecule has 0 spiro atoms. The van der Waals surface area contributed by atoms with E-state index in [0.29, 0.717) is 44.0 Å². The van der Waals surface area contributed by atoms with E-state index in [1.54, 1.807) is 23.9 Å². The van der Waals surface area contributed by atoms with Crippen molar-refractivity contribution in [1.29, 1.82) is 0 Å². The number of aryl methyl sites for hydroxylation is 1. The number of sulfonamides is 1. The third-order valence-electron chi connectivity index (χ3n) is 6.31. The number of carbonyl (C=O) groups is 1. The zero-order valence-electron chi connectivity index (χ0n) is 16.0. The minimum atomic E-state index is -3.59. The molecule has 27 heavy (non-hydrogen) atoms. The Balaban J connectivity index is 1.58.